The minimum atomic E-state index is -1.03. The smallest absolute Gasteiger partial charge is 0.320 e. The molecule has 6 nitrogen and oxygen atoms in total. The molecular weight excluding hydrogens is 167 g/mol. The molecule has 1 atom stereocenters. The van der Waals surface area contributed by atoms with Gasteiger partial charge in [0.2, 0.25) is 0 Å². The van der Waals surface area contributed by atoms with Crippen LogP contribution < -0.4 is 16.8 Å². The van der Waals surface area contributed by atoms with Crippen LogP contribution in [0.4, 0.5) is 4.79 Å². The largest absolute Gasteiger partial charge is 0.480 e. The topological polar surface area (TPSA) is 118 Å². The summed E-state index contributed by atoms with van der Waals surface area (Å²) in [6.45, 7) is 0.357. The van der Waals surface area contributed by atoms with Gasteiger partial charge in [0.25, 0.3) is 0 Å². The molecule has 0 aromatic carbocycles. The Morgan fingerprint density at radius 3 is 2.50 bits per heavy atom. The number of hydrogen-bond donors (Lipinski definition) is 4. The summed E-state index contributed by atoms with van der Waals surface area (Å²) in [6.07, 6.45) is 0.839. The third-order valence-electron chi connectivity index (χ3n) is 1.31. The number of carbonyl (C=O) groups is 2. The molecule has 6 heteroatoms. The Hall–Kier alpha value is -1.30. The van der Waals surface area contributed by atoms with E-state index in [0.29, 0.717) is 19.4 Å². The number of aliphatic carboxylic acids is 1. The summed E-state index contributed by atoms with van der Waals surface area (Å²) < 4.78 is 0. The highest BCUT2D eigenvalue weighted by Crippen LogP contribution is 1.92. The highest BCUT2D eigenvalue weighted by molar-refractivity contribution is 5.73. The molecule has 0 aromatic rings. The molecule has 6 N–H and O–H groups in total. The maximum absolute atomic E-state index is 10.2. The number of amides is 2. The molecule has 0 aliphatic carbocycles. The summed E-state index contributed by atoms with van der Waals surface area (Å²) in [7, 11) is 0. The van der Waals surface area contributed by atoms with E-state index >= 15 is 0 Å². The lowest BCUT2D eigenvalue weighted by Crippen LogP contribution is -2.33. The Bertz CT molecular complexity index is 171. The van der Waals surface area contributed by atoms with Crippen molar-refractivity contribution >= 4 is 12.0 Å². The van der Waals surface area contributed by atoms with Gasteiger partial charge >= 0.3 is 12.0 Å². The van der Waals surface area contributed by atoms with Crippen LogP contribution in [0.15, 0.2) is 0 Å². The summed E-state index contributed by atoms with van der Waals surface area (Å²) in [5.41, 5.74) is 9.96. The first-order valence-electron chi connectivity index (χ1n) is 3.55. The van der Waals surface area contributed by atoms with Crippen molar-refractivity contribution in [3.63, 3.8) is 0 Å². The molecule has 0 aliphatic rings. The van der Waals surface area contributed by atoms with Crippen LogP contribution in [0.5, 0.6) is 0 Å². The molecule has 0 fully saturated rings. The maximum Gasteiger partial charge on any atom is 0.320 e. The first kappa shape index (κ1) is 10.7. The average molecular weight is 180 g/mol. The minimum absolute atomic E-state index is 0.329. The van der Waals surface area contributed by atoms with Crippen LogP contribution in [0.2, 0.25) is 0 Å². The molecule has 2 amide bonds. The fourth-order valence-corrected chi connectivity index (χ4v) is 0.657. The zero-order chi connectivity index (χ0) is 9.56. The van der Waals surface area contributed by atoms with Crippen molar-refractivity contribution in [2.24, 2.45) is 11.5 Å². The lowest BCUT2D eigenvalue weighted by Gasteiger charge is -2.05. The SMILES string of the molecule is NC(=O)N[13CH2][13CH2][13CH2][13CH](N)[13C](=O)O. The van der Waals surface area contributed by atoms with E-state index in [4.69, 9.17) is 16.6 Å². The molecule has 0 aromatic heterocycles. The first-order valence-corrected chi connectivity index (χ1v) is 3.55. The standard InChI is InChI=1S/C6H13N3O3/c7-4(5(10)11)2-1-3-9-6(8)12/h4H,1-3,7H2,(H,10,11)(H3,8,9,12)/i1+1,2+1,3+1,4+1,5+1. The van der Waals surface area contributed by atoms with Gasteiger partial charge in [-0.1, -0.05) is 0 Å². The number of primary amides is 1. The molecule has 1 unspecified atom stereocenters. The minimum Gasteiger partial charge on any atom is -0.480 e. The molecule has 0 saturated heterocycles. The van der Waals surface area contributed by atoms with E-state index in [1.807, 2.05) is 0 Å². The van der Waals surface area contributed by atoms with Gasteiger partial charge in [0.1, 0.15) is 6.04 Å². The van der Waals surface area contributed by atoms with Crippen LogP contribution in [-0.4, -0.2) is 29.7 Å². The van der Waals surface area contributed by atoms with E-state index in [-0.39, 0.29) is 0 Å². The highest BCUT2D eigenvalue weighted by atomic mass is 16.5. The van der Waals surface area contributed by atoms with Gasteiger partial charge in [-0.25, -0.2) is 4.79 Å². The number of nitrogens with one attached hydrogen (secondary N) is 1. The van der Waals surface area contributed by atoms with Gasteiger partial charge < -0.3 is 21.9 Å². The molecular formula is C6H13N3O3. The van der Waals surface area contributed by atoms with E-state index in [1.165, 1.54) is 0 Å². The number of carboxylic acid groups (broad SMARTS) is 1. The summed E-state index contributed by atoms with van der Waals surface area (Å²) in [5.74, 6) is -1.03. The Labute approximate surface area is 69.9 Å². The van der Waals surface area contributed by atoms with Gasteiger partial charge in [-0.15, -0.1) is 0 Å². The van der Waals surface area contributed by atoms with E-state index in [2.05, 4.69) is 5.32 Å². The number of carboxylic acids is 1. The summed E-state index contributed by atoms with van der Waals surface area (Å²) in [4.78, 5) is 20.3. The lowest BCUT2D eigenvalue weighted by molar-refractivity contribution is -0.138. The molecule has 0 saturated carbocycles. The van der Waals surface area contributed by atoms with Crippen molar-refractivity contribution in [1.82, 2.24) is 5.32 Å². The van der Waals surface area contributed by atoms with E-state index in [1.54, 1.807) is 0 Å². The fourth-order valence-electron chi connectivity index (χ4n) is 0.657. The van der Waals surface area contributed by atoms with Crippen LogP contribution in [0, 0.1) is 0 Å². The molecule has 12 heavy (non-hydrogen) atoms. The van der Waals surface area contributed by atoms with Crippen LogP contribution in [0.25, 0.3) is 0 Å². The fraction of sp³-hybridized carbons (Fsp3) is 0.667. The van der Waals surface area contributed by atoms with Gasteiger partial charge in [-0.3, -0.25) is 4.79 Å². The van der Waals surface area contributed by atoms with Gasteiger partial charge in [-0.2, -0.15) is 0 Å². The predicted octanol–water partition coefficient (Wildman–Crippen LogP) is -1.15. The highest BCUT2D eigenvalue weighted by Gasteiger charge is 2.09. The molecule has 0 spiro atoms. The Morgan fingerprint density at radius 1 is 1.50 bits per heavy atom. The van der Waals surface area contributed by atoms with Crippen molar-refractivity contribution in [2.45, 2.75) is 18.9 Å². The zero-order valence-electron chi connectivity index (χ0n) is 6.62. The maximum atomic E-state index is 10.2. The van der Waals surface area contributed by atoms with E-state index in [9.17, 15) is 9.59 Å². The second kappa shape index (κ2) is 5.36. The molecule has 70 valence electrons. The number of nitrogens with two attached hydrogens (primary N) is 2. The predicted molar refractivity (Wildman–Crippen MR) is 42.4 cm³/mol. The van der Waals surface area contributed by atoms with Gasteiger partial charge in [0.05, 0.1) is 0 Å². The molecule has 0 rings (SSSR count). The third kappa shape index (κ3) is 5.48. The summed E-state index contributed by atoms with van der Waals surface area (Å²) in [5, 5.41) is 10.7. The van der Waals surface area contributed by atoms with Crippen molar-refractivity contribution in [3.05, 3.63) is 0 Å². The lowest BCUT2D eigenvalue weighted by atomic mass is 11.0. The average Bonchev–Trinajstić information content (AvgIpc) is 1.97. The zero-order valence-corrected chi connectivity index (χ0v) is 6.62. The Balaban J connectivity index is 3.31. The molecule has 0 bridgehead atoms. The van der Waals surface area contributed by atoms with Crippen molar-refractivity contribution in [3.8, 4) is 0 Å². The quantitative estimate of drug-likeness (QED) is 0.315. The summed E-state index contributed by atoms with van der Waals surface area (Å²) in [6, 6.07) is -1.47. The van der Waals surface area contributed by atoms with Crippen LogP contribution in [0.3, 0.4) is 0 Å². The van der Waals surface area contributed by atoms with Gasteiger partial charge in [-0.05, 0) is 12.8 Å². The van der Waals surface area contributed by atoms with Crippen molar-refractivity contribution in [2.75, 3.05) is 6.54 Å². The first-order chi connectivity index (χ1) is 5.54. The van der Waals surface area contributed by atoms with Crippen molar-refractivity contribution in [1.29, 1.82) is 0 Å². The van der Waals surface area contributed by atoms with Crippen LogP contribution >= 0.6 is 0 Å². The third-order valence-corrected chi connectivity index (χ3v) is 1.31. The second-order valence-electron chi connectivity index (χ2n) is 2.38. The molecule has 0 heterocycles. The molecule has 0 aliphatic heterocycles. The Morgan fingerprint density at radius 2 is 2.08 bits per heavy atom. The monoisotopic (exact) mass is 180 g/mol. The molecule has 0 radical (unpaired) electrons. The number of carbonyl (C=O) groups excluding carboxylic acids is 1. The Kier molecular flexibility index (Phi) is 4.78. The van der Waals surface area contributed by atoms with Gasteiger partial charge in [0.15, 0.2) is 0 Å². The summed E-state index contributed by atoms with van der Waals surface area (Å²) >= 11 is 0. The normalized spacial score (nSPS) is 12.1. The van der Waals surface area contributed by atoms with E-state index < -0.39 is 18.0 Å². The van der Waals surface area contributed by atoms with E-state index in [0.717, 1.165) is 0 Å². The number of hydrogen-bond acceptors (Lipinski definition) is 3. The van der Waals surface area contributed by atoms with Crippen LogP contribution in [-0.2, 0) is 4.79 Å². The second-order valence-corrected chi connectivity index (χ2v) is 2.38. The van der Waals surface area contributed by atoms with Crippen LogP contribution in [0.1, 0.15) is 12.8 Å². The van der Waals surface area contributed by atoms with Gasteiger partial charge in [0, 0.05) is 6.54 Å². The number of urea groups is 1. The van der Waals surface area contributed by atoms with Crippen molar-refractivity contribution < 1.29 is 14.7 Å². The number of rotatable bonds is 5.